The molecule has 0 saturated heterocycles. The van der Waals surface area contributed by atoms with E-state index in [-0.39, 0.29) is 0 Å². The highest BCUT2D eigenvalue weighted by Gasteiger charge is 2.27. The fourth-order valence-electron chi connectivity index (χ4n) is 1.71. The summed E-state index contributed by atoms with van der Waals surface area (Å²) >= 11 is 0. The third kappa shape index (κ3) is 3.62. The first kappa shape index (κ1) is 12.6. The lowest BCUT2D eigenvalue weighted by atomic mass is 10.0. The molecule has 0 aliphatic carbocycles. The molecule has 0 aliphatic rings. The first-order valence-corrected chi connectivity index (χ1v) is 5.50. The Morgan fingerprint density at radius 3 is 2.50 bits per heavy atom. The molecule has 0 aliphatic heterocycles. The topological polar surface area (TPSA) is 63.4 Å². The summed E-state index contributed by atoms with van der Waals surface area (Å²) in [6.45, 7) is 1.72. The maximum atomic E-state index is 10.6. The molecule has 1 aromatic rings. The summed E-state index contributed by atoms with van der Waals surface area (Å²) in [5, 5.41) is 20.3. The van der Waals surface area contributed by atoms with E-state index in [2.05, 4.69) is 0 Å². The molecule has 1 N–H and O–H groups in total. The van der Waals surface area contributed by atoms with Gasteiger partial charge in [-0.1, -0.05) is 37.3 Å². The van der Waals surface area contributed by atoms with Gasteiger partial charge in [-0.15, -0.1) is 0 Å². The molecule has 0 saturated carbocycles. The number of aliphatic hydroxyl groups is 1. The number of hydrogen-bond donors (Lipinski definition) is 1. The number of aryl methyl sites for hydroxylation is 1. The highest BCUT2D eigenvalue weighted by atomic mass is 16.6. The number of rotatable bonds is 6. The number of nitro groups is 1. The van der Waals surface area contributed by atoms with Crippen LogP contribution >= 0.6 is 0 Å². The summed E-state index contributed by atoms with van der Waals surface area (Å²) in [6, 6.07) is 8.84. The summed E-state index contributed by atoms with van der Waals surface area (Å²) in [7, 11) is 0. The lowest BCUT2D eigenvalue weighted by Gasteiger charge is -2.14. The average Bonchev–Trinajstić information content (AvgIpc) is 2.28. The zero-order valence-electron chi connectivity index (χ0n) is 9.37. The molecule has 0 amide bonds. The van der Waals surface area contributed by atoms with Gasteiger partial charge < -0.3 is 5.11 Å². The predicted octanol–water partition coefficient (Wildman–Crippen LogP) is 2.04. The third-order valence-electron chi connectivity index (χ3n) is 2.70. The highest BCUT2D eigenvalue weighted by molar-refractivity contribution is 5.14. The van der Waals surface area contributed by atoms with Crippen LogP contribution in [0.1, 0.15) is 25.3 Å². The number of benzene rings is 1. The first-order chi connectivity index (χ1) is 7.65. The molecule has 0 aromatic heterocycles. The maximum Gasteiger partial charge on any atom is 0.238 e. The summed E-state index contributed by atoms with van der Waals surface area (Å²) in [5.74, 6) is 0. The quantitative estimate of drug-likeness (QED) is 0.593. The van der Waals surface area contributed by atoms with Crippen LogP contribution in [0.4, 0.5) is 0 Å². The maximum absolute atomic E-state index is 10.6. The van der Waals surface area contributed by atoms with Crippen LogP contribution in [0.5, 0.6) is 0 Å². The lowest BCUT2D eigenvalue weighted by molar-refractivity contribution is -0.534. The zero-order valence-corrected chi connectivity index (χ0v) is 9.37. The second-order valence-corrected chi connectivity index (χ2v) is 3.85. The molecule has 2 atom stereocenters. The van der Waals surface area contributed by atoms with Gasteiger partial charge in [0.2, 0.25) is 6.04 Å². The zero-order chi connectivity index (χ0) is 12.0. The van der Waals surface area contributed by atoms with Crippen LogP contribution in [-0.2, 0) is 6.42 Å². The van der Waals surface area contributed by atoms with Crippen LogP contribution in [0.25, 0.3) is 0 Å². The minimum absolute atomic E-state index is 0.364. The Balaban J connectivity index is 2.46. The van der Waals surface area contributed by atoms with Gasteiger partial charge in [-0.2, -0.15) is 0 Å². The van der Waals surface area contributed by atoms with Crippen molar-refractivity contribution in [3.63, 3.8) is 0 Å². The normalized spacial score (nSPS) is 14.4. The van der Waals surface area contributed by atoms with E-state index < -0.39 is 17.1 Å². The summed E-state index contributed by atoms with van der Waals surface area (Å²) in [5.41, 5.74) is 1.10. The Labute approximate surface area is 95.1 Å². The number of aliphatic hydroxyl groups excluding tert-OH is 1. The van der Waals surface area contributed by atoms with Crippen molar-refractivity contribution in [2.24, 2.45) is 0 Å². The van der Waals surface area contributed by atoms with Crippen molar-refractivity contribution in [2.45, 2.75) is 38.3 Å². The van der Waals surface area contributed by atoms with Crippen LogP contribution in [0.2, 0.25) is 0 Å². The van der Waals surface area contributed by atoms with E-state index in [1.54, 1.807) is 6.92 Å². The second kappa shape index (κ2) is 6.23. The molecule has 0 bridgehead atoms. The van der Waals surface area contributed by atoms with Gasteiger partial charge in [0.1, 0.15) is 6.10 Å². The van der Waals surface area contributed by atoms with Gasteiger partial charge in [-0.3, -0.25) is 10.1 Å². The molecule has 4 nitrogen and oxygen atoms in total. The van der Waals surface area contributed by atoms with E-state index in [9.17, 15) is 15.2 Å². The monoisotopic (exact) mass is 223 g/mol. The van der Waals surface area contributed by atoms with E-state index >= 15 is 0 Å². The van der Waals surface area contributed by atoms with Crippen molar-refractivity contribution in [2.75, 3.05) is 0 Å². The molecule has 0 radical (unpaired) electrons. The van der Waals surface area contributed by atoms with Gasteiger partial charge >= 0.3 is 0 Å². The minimum Gasteiger partial charge on any atom is -0.386 e. The van der Waals surface area contributed by atoms with Crippen molar-refractivity contribution in [1.29, 1.82) is 0 Å². The number of nitrogens with zero attached hydrogens (tertiary/aromatic N) is 1. The third-order valence-corrected chi connectivity index (χ3v) is 2.70. The lowest BCUT2D eigenvalue weighted by Crippen LogP contribution is -2.33. The van der Waals surface area contributed by atoms with E-state index in [0.29, 0.717) is 19.3 Å². The first-order valence-electron chi connectivity index (χ1n) is 5.50. The Bertz CT molecular complexity index is 326. The van der Waals surface area contributed by atoms with Gasteiger partial charge in [0, 0.05) is 11.3 Å². The average molecular weight is 223 g/mol. The number of hydrogen-bond acceptors (Lipinski definition) is 3. The highest BCUT2D eigenvalue weighted by Crippen LogP contribution is 2.11. The Morgan fingerprint density at radius 1 is 1.38 bits per heavy atom. The predicted molar refractivity (Wildman–Crippen MR) is 61.8 cm³/mol. The Hall–Kier alpha value is -1.42. The molecule has 16 heavy (non-hydrogen) atoms. The van der Waals surface area contributed by atoms with Gasteiger partial charge in [-0.05, 0) is 18.4 Å². The van der Waals surface area contributed by atoms with Crippen LogP contribution in [0.15, 0.2) is 30.3 Å². The minimum atomic E-state index is -0.861. The molecule has 2 unspecified atom stereocenters. The summed E-state index contributed by atoms with van der Waals surface area (Å²) in [4.78, 5) is 10.2. The van der Waals surface area contributed by atoms with Gasteiger partial charge in [0.15, 0.2) is 0 Å². The van der Waals surface area contributed by atoms with E-state index in [1.165, 1.54) is 0 Å². The van der Waals surface area contributed by atoms with E-state index in [0.717, 1.165) is 5.56 Å². The van der Waals surface area contributed by atoms with Crippen molar-refractivity contribution in [3.8, 4) is 0 Å². The van der Waals surface area contributed by atoms with E-state index in [4.69, 9.17) is 0 Å². The van der Waals surface area contributed by atoms with Crippen LogP contribution in [0, 0.1) is 10.1 Å². The molecule has 0 spiro atoms. The van der Waals surface area contributed by atoms with Crippen molar-refractivity contribution < 1.29 is 10.0 Å². The van der Waals surface area contributed by atoms with Gasteiger partial charge in [0.05, 0.1) is 0 Å². The Kier molecular flexibility index (Phi) is 4.92. The second-order valence-electron chi connectivity index (χ2n) is 3.85. The van der Waals surface area contributed by atoms with Crippen LogP contribution in [-0.4, -0.2) is 22.2 Å². The fourth-order valence-corrected chi connectivity index (χ4v) is 1.71. The molecular weight excluding hydrogens is 206 g/mol. The largest absolute Gasteiger partial charge is 0.386 e. The summed E-state index contributed by atoms with van der Waals surface area (Å²) in [6.07, 6.45) is 0.610. The molecule has 1 rings (SSSR count). The fraction of sp³-hybridized carbons (Fsp3) is 0.500. The van der Waals surface area contributed by atoms with Crippen molar-refractivity contribution in [3.05, 3.63) is 46.0 Å². The molecule has 0 fully saturated rings. The van der Waals surface area contributed by atoms with Crippen molar-refractivity contribution in [1.82, 2.24) is 0 Å². The van der Waals surface area contributed by atoms with Crippen LogP contribution in [0.3, 0.4) is 0 Å². The molecule has 0 heterocycles. The van der Waals surface area contributed by atoms with Gasteiger partial charge in [0.25, 0.3) is 0 Å². The van der Waals surface area contributed by atoms with Crippen molar-refractivity contribution >= 4 is 0 Å². The molecular formula is C12H17NO3. The SMILES string of the molecule is CCC(C(O)CCc1ccccc1)[N+](=O)[O-]. The van der Waals surface area contributed by atoms with Gasteiger partial charge in [-0.25, -0.2) is 0 Å². The summed E-state index contributed by atoms with van der Waals surface area (Å²) < 4.78 is 0. The Morgan fingerprint density at radius 2 is 2.00 bits per heavy atom. The molecule has 4 heteroatoms. The van der Waals surface area contributed by atoms with Crippen LogP contribution < -0.4 is 0 Å². The standard InChI is InChI=1S/C12H17NO3/c1-2-11(13(15)16)12(14)9-8-10-6-4-3-5-7-10/h3-7,11-12,14H,2,8-9H2,1H3. The molecule has 88 valence electrons. The molecule has 1 aromatic carbocycles. The van der Waals surface area contributed by atoms with E-state index in [1.807, 2.05) is 30.3 Å². The smallest absolute Gasteiger partial charge is 0.238 e.